The van der Waals surface area contributed by atoms with Crippen LogP contribution in [0.4, 0.5) is 5.69 Å². The molecule has 1 aliphatic rings. The molecule has 1 aliphatic carbocycles. The maximum absolute atomic E-state index is 13.4. The van der Waals surface area contributed by atoms with E-state index in [0.717, 1.165) is 35.6 Å². The van der Waals surface area contributed by atoms with Gasteiger partial charge in [0, 0.05) is 18.3 Å². The van der Waals surface area contributed by atoms with Gasteiger partial charge in [-0.1, -0.05) is 42.0 Å². The van der Waals surface area contributed by atoms with Crippen molar-refractivity contribution in [2.45, 2.75) is 25.8 Å². The third-order valence-electron chi connectivity index (χ3n) is 6.45. The zero-order valence-electron chi connectivity index (χ0n) is 19.5. The van der Waals surface area contributed by atoms with Gasteiger partial charge in [-0.2, -0.15) is 0 Å². The molecule has 0 spiro atoms. The third-order valence-corrected chi connectivity index (χ3v) is 6.45. The minimum absolute atomic E-state index is 0.0499. The topological polar surface area (TPSA) is 145 Å². The summed E-state index contributed by atoms with van der Waals surface area (Å²) in [5, 5.41) is 15.2. The smallest absolute Gasteiger partial charge is 0.272 e. The molecule has 0 saturated heterocycles. The SMILES string of the molecule is NC(=O)c1ccc(NC(=O)c2ccc(Cn3ccnn3)c3ccccc23)c(C(=O)NCC2CCC2)n1. The first-order valence-corrected chi connectivity index (χ1v) is 11.7. The number of fused-ring (bicyclic) bond motifs is 1. The standard InChI is InChI=1S/C26H25N7O3/c27-24(34)22-11-10-21(23(30-22)26(36)28-14-16-4-3-5-16)31-25(35)20-9-8-17(15-33-13-12-29-32-33)18-6-1-2-7-19(18)20/h1-2,6-13,16H,3-5,14-15H2,(H2,27,34)(H,28,36)(H,31,35). The summed E-state index contributed by atoms with van der Waals surface area (Å²) in [4.78, 5) is 42.1. The predicted octanol–water partition coefficient (Wildman–Crippen LogP) is 2.76. The minimum Gasteiger partial charge on any atom is -0.364 e. The van der Waals surface area contributed by atoms with Gasteiger partial charge in [-0.05, 0) is 53.3 Å². The van der Waals surface area contributed by atoms with Gasteiger partial charge in [0.15, 0.2) is 5.69 Å². The van der Waals surface area contributed by atoms with Crippen LogP contribution in [-0.4, -0.2) is 44.2 Å². The number of benzene rings is 2. The number of nitrogens with one attached hydrogen (secondary N) is 2. The predicted molar refractivity (Wildman–Crippen MR) is 133 cm³/mol. The first-order chi connectivity index (χ1) is 17.5. The van der Waals surface area contributed by atoms with Gasteiger partial charge < -0.3 is 16.4 Å². The van der Waals surface area contributed by atoms with E-state index in [1.807, 2.05) is 30.3 Å². The summed E-state index contributed by atoms with van der Waals surface area (Å²) in [6.07, 6.45) is 6.68. The molecule has 2 heterocycles. The molecule has 2 aromatic heterocycles. The number of nitrogens with two attached hydrogens (primary N) is 1. The fourth-order valence-electron chi connectivity index (χ4n) is 4.27. The number of hydrogen-bond donors (Lipinski definition) is 3. The lowest BCUT2D eigenvalue weighted by atomic mass is 9.85. The lowest BCUT2D eigenvalue weighted by Crippen LogP contribution is -2.33. The van der Waals surface area contributed by atoms with Crippen LogP contribution in [0.5, 0.6) is 0 Å². The highest BCUT2D eigenvalue weighted by molar-refractivity contribution is 6.15. The van der Waals surface area contributed by atoms with E-state index in [0.29, 0.717) is 24.6 Å². The lowest BCUT2D eigenvalue weighted by molar-refractivity contribution is 0.0935. The van der Waals surface area contributed by atoms with Crippen molar-refractivity contribution >= 4 is 34.2 Å². The Labute approximate surface area is 206 Å². The molecule has 1 fully saturated rings. The number of aromatic nitrogens is 4. The number of nitrogens with zero attached hydrogens (tertiary/aromatic N) is 4. The molecule has 0 bridgehead atoms. The van der Waals surface area contributed by atoms with Crippen molar-refractivity contribution in [3.8, 4) is 0 Å². The van der Waals surface area contributed by atoms with Crippen molar-refractivity contribution in [1.29, 1.82) is 0 Å². The fourth-order valence-corrected chi connectivity index (χ4v) is 4.27. The van der Waals surface area contributed by atoms with E-state index >= 15 is 0 Å². The number of pyridine rings is 1. The van der Waals surface area contributed by atoms with Gasteiger partial charge in [0.2, 0.25) is 0 Å². The summed E-state index contributed by atoms with van der Waals surface area (Å²) in [5.41, 5.74) is 6.89. The fraction of sp³-hybridized carbons (Fsp3) is 0.231. The number of amides is 3. The maximum Gasteiger partial charge on any atom is 0.272 e. The highest BCUT2D eigenvalue weighted by Gasteiger charge is 2.22. The lowest BCUT2D eigenvalue weighted by Gasteiger charge is -2.25. The van der Waals surface area contributed by atoms with Crippen molar-refractivity contribution < 1.29 is 14.4 Å². The molecule has 10 heteroatoms. The first kappa shape index (κ1) is 23.2. The largest absolute Gasteiger partial charge is 0.364 e. The molecule has 2 aromatic carbocycles. The summed E-state index contributed by atoms with van der Waals surface area (Å²) in [7, 11) is 0. The van der Waals surface area contributed by atoms with E-state index < -0.39 is 17.7 Å². The van der Waals surface area contributed by atoms with Crippen molar-refractivity contribution in [2.75, 3.05) is 11.9 Å². The van der Waals surface area contributed by atoms with Crippen LogP contribution in [0.15, 0.2) is 60.9 Å². The molecule has 0 atom stereocenters. The van der Waals surface area contributed by atoms with Crippen molar-refractivity contribution in [3.05, 3.63) is 83.4 Å². The molecular weight excluding hydrogens is 458 g/mol. The molecule has 10 nitrogen and oxygen atoms in total. The number of hydrogen-bond acceptors (Lipinski definition) is 6. The van der Waals surface area contributed by atoms with Gasteiger partial charge in [0.1, 0.15) is 5.69 Å². The van der Waals surface area contributed by atoms with Crippen LogP contribution in [-0.2, 0) is 6.54 Å². The Kier molecular flexibility index (Phi) is 6.40. The summed E-state index contributed by atoms with van der Waals surface area (Å²) in [6, 6.07) is 14.1. The number of carbonyl (C=O) groups is 3. The van der Waals surface area contributed by atoms with E-state index in [4.69, 9.17) is 5.73 Å². The average Bonchev–Trinajstić information content (AvgIpc) is 3.36. The second-order valence-corrected chi connectivity index (χ2v) is 8.84. The van der Waals surface area contributed by atoms with E-state index in [1.54, 1.807) is 23.1 Å². The van der Waals surface area contributed by atoms with Gasteiger partial charge >= 0.3 is 0 Å². The van der Waals surface area contributed by atoms with Gasteiger partial charge in [-0.25, -0.2) is 9.67 Å². The van der Waals surface area contributed by atoms with Crippen molar-refractivity contribution in [2.24, 2.45) is 11.7 Å². The average molecular weight is 484 g/mol. The second-order valence-electron chi connectivity index (χ2n) is 8.84. The molecular formula is C26H25N7O3. The number of carbonyl (C=O) groups excluding carboxylic acids is 3. The van der Waals surface area contributed by atoms with Crippen molar-refractivity contribution in [1.82, 2.24) is 25.3 Å². The first-order valence-electron chi connectivity index (χ1n) is 11.7. The highest BCUT2D eigenvalue weighted by atomic mass is 16.2. The molecule has 182 valence electrons. The molecule has 5 rings (SSSR count). The molecule has 4 N–H and O–H groups in total. The van der Waals surface area contributed by atoms with Crippen LogP contribution < -0.4 is 16.4 Å². The molecule has 4 aromatic rings. The van der Waals surface area contributed by atoms with Crippen LogP contribution in [0.1, 0.15) is 56.2 Å². The molecule has 0 aliphatic heterocycles. The molecule has 0 unspecified atom stereocenters. The van der Waals surface area contributed by atoms with Gasteiger partial charge in [-0.3, -0.25) is 14.4 Å². The maximum atomic E-state index is 13.4. The molecule has 3 amide bonds. The molecule has 1 saturated carbocycles. The minimum atomic E-state index is -0.755. The Balaban J connectivity index is 1.44. The summed E-state index contributed by atoms with van der Waals surface area (Å²) in [5.74, 6) is -1.18. The van der Waals surface area contributed by atoms with Crippen LogP contribution >= 0.6 is 0 Å². The van der Waals surface area contributed by atoms with Crippen LogP contribution in [0, 0.1) is 5.92 Å². The van der Waals surface area contributed by atoms with Crippen LogP contribution in [0.2, 0.25) is 0 Å². The Morgan fingerprint density at radius 1 is 1.00 bits per heavy atom. The number of rotatable bonds is 8. The quantitative estimate of drug-likeness (QED) is 0.351. The highest BCUT2D eigenvalue weighted by Crippen LogP contribution is 2.27. The number of primary amides is 1. The normalized spacial score (nSPS) is 13.2. The van der Waals surface area contributed by atoms with Crippen molar-refractivity contribution in [3.63, 3.8) is 0 Å². The second kappa shape index (κ2) is 9.95. The zero-order valence-corrected chi connectivity index (χ0v) is 19.5. The van der Waals surface area contributed by atoms with Gasteiger partial charge in [0.05, 0.1) is 18.4 Å². The third kappa shape index (κ3) is 4.78. The van der Waals surface area contributed by atoms with Gasteiger partial charge in [-0.15, -0.1) is 5.10 Å². The van der Waals surface area contributed by atoms with E-state index in [9.17, 15) is 14.4 Å². The Hall–Kier alpha value is -4.60. The van der Waals surface area contributed by atoms with Gasteiger partial charge in [0.25, 0.3) is 17.7 Å². The summed E-state index contributed by atoms with van der Waals surface area (Å²) in [6.45, 7) is 1.03. The molecule has 36 heavy (non-hydrogen) atoms. The Morgan fingerprint density at radius 3 is 2.50 bits per heavy atom. The summed E-state index contributed by atoms with van der Waals surface area (Å²) >= 11 is 0. The zero-order chi connectivity index (χ0) is 25.1. The Bertz CT molecular complexity index is 1450. The summed E-state index contributed by atoms with van der Waals surface area (Å²) < 4.78 is 1.71. The van der Waals surface area contributed by atoms with E-state index in [-0.39, 0.29) is 17.1 Å². The van der Waals surface area contributed by atoms with Crippen LogP contribution in [0.3, 0.4) is 0 Å². The van der Waals surface area contributed by atoms with E-state index in [2.05, 4.69) is 25.9 Å². The monoisotopic (exact) mass is 483 g/mol. The van der Waals surface area contributed by atoms with E-state index in [1.165, 1.54) is 12.1 Å². The van der Waals surface area contributed by atoms with Crippen LogP contribution in [0.25, 0.3) is 10.8 Å². The number of anilines is 1. The molecule has 0 radical (unpaired) electrons. The Morgan fingerprint density at radius 2 is 1.81 bits per heavy atom.